The second kappa shape index (κ2) is 16.5. The molecule has 0 aromatic heterocycles. The first-order valence-corrected chi connectivity index (χ1v) is 13.3. The predicted molar refractivity (Wildman–Crippen MR) is 125 cm³/mol. The van der Waals surface area contributed by atoms with Crippen molar-refractivity contribution in [2.24, 2.45) is 5.41 Å². The number of hydrogen-bond donors (Lipinski definition) is 2. The maximum Gasteiger partial charge on any atom is 0.474 e. The van der Waals surface area contributed by atoms with E-state index in [2.05, 4.69) is 31.9 Å². The van der Waals surface area contributed by atoms with Crippen molar-refractivity contribution in [3.8, 4) is 0 Å². The molecule has 12 heteroatoms. The first kappa shape index (κ1) is 32.0. The topological polar surface area (TPSA) is 85.2 Å². The van der Waals surface area contributed by atoms with Gasteiger partial charge >= 0.3 is 7.82 Å². The molecule has 0 aromatic rings. The molecule has 0 saturated carbocycles. The van der Waals surface area contributed by atoms with Gasteiger partial charge in [0.2, 0.25) is 0 Å². The molecule has 0 aliphatic rings. The molecule has 0 bridgehead atoms. The zero-order chi connectivity index (χ0) is 22.5. The number of phosphoric acid groups is 1. The lowest BCUT2D eigenvalue weighted by Gasteiger charge is -2.35. The molecule has 5 unspecified atom stereocenters. The lowest BCUT2D eigenvalue weighted by Crippen LogP contribution is -2.43. The summed E-state index contributed by atoms with van der Waals surface area (Å²) in [7, 11) is -3.63. The summed E-state index contributed by atoms with van der Waals surface area (Å²) in [6.07, 6.45) is 0. The van der Waals surface area contributed by atoms with Crippen molar-refractivity contribution in [3.63, 3.8) is 0 Å². The maximum absolute atomic E-state index is 12.1. The van der Waals surface area contributed by atoms with E-state index in [0.717, 1.165) is 0 Å². The molecule has 0 aliphatic carbocycles. The average molecular weight is 618 g/mol. The molecule has 2 N–H and O–H groups in total. The summed E-state index contributed by atoms with van der Waals surface area (Å²) in [5, 5.41) is 17.3. The predicted octanol–water partition coefficient (Wildman–Crippen LogP) is 5.55. The van der Waals surface area contributed by atoms with Crippen LogP contribution in [0.25, 0.3) is 0 Å². The highest BCUT2D eigenvalue weighted by molar-refractivity contribution is 9.10. The Bertz CT molecular complexity index is 391. The molecule has 172 valence electrons. The van der Waals surface area contributed by atoms with Crippen molar-refractivity contribution in [1.29, 1.82) is 0 Å². The van der Waals surface area contributed by atoms with Crippen LogP contribution < -0.4 is 0 Å². The Morgan fingerprint density at radius 1 is 0.786 bits per heavy atom. The summed E-state index contributed by atoms with van der Waals surface area (Å²) in [6.45, 7) is 9.10. The molecule has 0 heterocycles. The minimum absolute atomic E-state index is 0.0255. The van der Waals surface area contributed by atoms with E-state index in [-0.39, 0.29) is 58.8 Å². The van der Waals surface area contributed by atoms with Crippen LogP contribution in [0.2, 0.25) is 0 Å². The molecule has 6 nitrogen and oxygen atoms in total. The monoisotopic (exact) mass is 614 g/mol. The molecular formula is C16H32Br2Cl3O6P. The Hall–Kier alpha value is 1.86. The third-order valence-corrected chi connectivity index (χ3v) is 7.16. The fourth-order valence-corrected chi connectivity index (χ4v) is 5.18. The fraction of sp³-hybridized carbons (Fsp3) is 1.00. The van der Waals surface area contributed by atoms with Crippen molar-refractivity contribution < 1.29 is 28.3 Å². The summed E-state index contributed by atoms with van der Waals surface area (Å²) >= 11 is 23.8. The summed E-state index contributed by atoms with van der Waals surface area (Å²) in [5.74, 6) is 0. The van der Waals surface area contributed by atoms with Gasteiger partial charge in [-0.1, -0.05) is 45.7 Å². The van der Waals surface area contributed by atoms with Gasteiger partial charge in [0.05, 0.1) is 49.2 Å². The Balaban J connectivity index is 0. The first-order chi connectivity index (χ1) is 12.8. The van der Waals surface area contributed by atoms with Gasteiger partial charge in [-0.2, -0.15) is 0 Å². The smallest absolute Gasteiger partial charge is 0.396 e. The van der Waals surface area contributed by atoms with Crippen LogP contribution in [0.15, 0.2) is 0 Å². The van der Waals surface area contributed by atoms with E-state index in [1.807, 2.05) is 13.8 Å². The van der Waals surface area contributed by atoms with Gasteiger partial charge in [-0.05, 0) is 20.8 Å². The SMILES string of the molecule is CC(Br)C(CO)(CO)C(C)Br.CC(Cl)COP(=O)(OCC(C)Cl)OCC(C)Cl. The van der Waals surface area contributed by atoms with Gasteiger partial charge in [-0.3, -0.25) is 13.6 Å². The number of alkyl halides is 5. The highest BCUT2D eigenvalue weighted by Gasteiger charge is 2.38. The third kappa shape index (κ3) is 14.0. The van der Waals surface area contributed by atoms with Crippen molar-refractivity contribution in [2.45, 2.75) is 60.4 Å². The summed E-state index contributed by atoms with van der Waals surface area (Å²) in [4.78, 5) is 0.166. The van der Waals surface area contributed by atoms with Gasteiger partial charge in [-0.25, -0.2) is 4.57 Å². The lowest BCUT2D eigenvalue weighted by molar-refractivity contribution is 0.0603. The number of aliphatic hydroxyl groups excluding tert-OH is 2. The quantitative estimate of drug-likeness (QED) is 0.208. The molecule has 28 heavy (non-hydrogen) atoms. The van der Waals surface area contributed by atoms with Crippen molar-refractivity contribution in [1.82, 2.24) is 0 Å². The Morgan fingerprint density at radius 3 is 1.14 bits per heavy atom. The van der Waals surface area contributed by atoms with Gasteiger partial charge in [-0.15, -0.1) is 34.8 Å². The van der Waals surface area contributed by atoms with E-state index in [9.17, 15) is 4.57 Å². The number of halogens is 5. The summed E-state index contributed by atoms with van der Waals surface area (Å²) in [5.41, 5.74) is -0.472. The maximum atomic E-state index is 12.1. The van der Waals surface area contributed by atoms with Crippen LogP contribution in [-0.4, -0.2) is 69.0 Å². The average Bonchev–Trinajstić information content (AvgIpc) is 2.58. The molecular weight excluding hydrogens is 585 g/mol. The van der Waals surface area contributed by atoms with Crippen LogP contribution in [0.3, 0.4) is 0 Å². The molecule has 0 spiro atoms. The zero-order valence-corrected chi connectivity index (χ0v) is 23.1. The summed E-state index contributed by atoms with van der Waals surface area (Å²) < 4.78 is 27.2. The Kier molecular flexibility index (Phi) is 18.9. The van der Waals surface area contributed by atoms with Crippen molar-refractivity contribution >= 4 is 74.5 Å². The Labute approximate surface area is 200 Å². The molecule has 5 atom stereocenters. The van der Waals surface area contributed by atoms with Gasteiger partial charge in [0.15, 0.2) is 0 Å². The van der Waals surface area contributed by atoms with E-state index >= 15 is 0 Å². The van der Waals surface area contributed by atoms with Crippen molar-refractivity contribution in [2.75, 3.05) is 33.0 Å². The first-order valence-electron chi connectivity index (χ1n) is 8.72. The van der Waals surface area contributed by atoms with Gasteiger partial charge in [0, 0.05) is 15.1 Å². The summed E-state index contributed by atoms with van der Waals surface area (Å²) in [6, 6.07) is 0. The molecule has 0 aliphatic heterocycles. The van der Waals surface area contributed by atoms with Crippen LogP contribution in [-0.2, 0) is 18.1 Å². The molecule has 0 saturated heterocycles. The second-order valence-corrected chi connectivity index (χ2v) is 13.1. The van der Waals surface area contributed by atoms with Crippen LogP contribution in [0.5, 0.6) is 0 Å². The number of hydrogen-bond acceptors (Lipinski definition) is 6. The normalized spacial score (nSPS) is 19.6. The minimum Gasteiger partial charge on any atom is -0.396 e. The Morgan fingerprint density at radius 2 is 1.04 bits per heavy atom. The largest absolute Gasteiger partial charge is 0.474 e. The lowest BCUT2D eigenvalue weighted by atomic mass is 9.84. The van der Waals surface area contributed by atoms with Gasteiger partial charge < -0.3 is 10.2 Å². The number of phosphoric ester groups is 1. The van der Waals surface area contributed by atoms with Crippen LogP contribution in [0.1, 0.15) is 34.6 Å². The van der Waals surface area contributed by atoms with Crippen LogP contribution in [0.4, 0.5) is 0 Å². The minimum atomic E-state index is -3.63. The number of rotatable bonds is 13. The van der Waals surface area contributed by atoms with E-state index in [1.54, 1.807) is 20.8 Å². The van der Waals surface area contributed by atoms with E-state index < -0.39 is 13.2 Å². The van der Waals surface area contributed by atoms with Crippen LogP contribution >= 0.6 is 74.5 Å². The van der Waals surface area contributed by atoms with Gasteiger partial charge in [0.25, 0.3) is 0 Å². The standard InChI is InChI=1S/C9H18Cl3O4P.C7H14Br2O2/c1-7(10)4-14-17(13,15-5-8(2)11)16-6-9(3)12;1-5(8)7(3-10,4-11)6(2)9/h7-9H,4-6H2,1-3H3;5-6,10-11H,3-4H2,1-2H3. The molecule has 0 rings (SSSR count). The molecule has 0 radical (unpaired) electrons. The van der Waals surface area contributed by atoms with Crippen LogP contribution in [0, 0.1) is 5.41 Å². The second-order valence-electron chi connectivity index (χ2n) is 6.46. The zero-order valence-electron chi connectivity index (χ0n) is 16.8. The van der Waals surface area contributed by atoms with Gasteiger partial charge in [0.1, 0.15) is 0 Å². The molecule has 0 aromatic carbocycles. The highest BCUT2D eigenvalue weighted by atomic mass is 79.9. The van der Waals surface area contributed by atoms with E-state index in [1.165, 1.54) is 0 Å². The molecule has 0 amide bonds. The number of aliphatic hydroxyl groups is 2. The highest BCUT2D eigenvalue weighted by Crippen LogP contribution is 2.50. The van der Waals surface area contributed by atoms with E-state index in [4.69, 9.17) is 58.6 Å². The van der Waals surface area contributed by atoms with Crippen molar-refractivity contribution in [3.05, 3.63) is 0 Å². The third-order valence-electron chi connectivity index (χ3n) is 3.56. The molecule has 0 fully saturated rings. The fourth-order valence-electron chi connectivity index (χ4n) is 1.56. The van der Waals surface area contributed by atoms with E-state index in [0.29, 0.717) is 0 Å².